The van der Waals surface area contributed by atoms with Crippen LogP contribution < -0.4 is 14.8 Å². The number of anilines is 1. The van der Waals surface area contributed by atoms with Crippen LogP contribution in [0.5, 0.6) is 11.5 Å². The fourth-order valence-electron chi connectivity index (χ4n) is 2.52. The van der Waals surface area contributed by atoms with E-state index < -0.39 is 5.25 Å². The molecule has 0 fully saturated rings. The first kappa shape index (κ1) is 20.7. The van der Waals surface area contributed by atoms with E-state index in [1.165, 1.54) is 11.8 Å². The van der Waals surface area contributed by atoms with E-state index in [-0.39, 0.29) is 5.91 Å². The molecule has 0 radical (unpaired) electrons. The van der Waals surface area contributed by atoms with Crippen molar-refractivity contribution in [2.45, 2.75) is 31.2 Å². The van der Waals surface area contributed by atoms with Crippen LogP contribution in [0.15, 0.2) is 58.2 Å². The highest BCUT2D eigenvalue weighted by molar-refractivity contribution is 8.00. The van der Waals surface area contributed by atoms with Gasteiger partial charge in [-0.25, -0.2) is 0 Å². The molecule has 3 rings (SSSR count). The third-order valence-corrected chi connectivity index (χ3v) is 4.84. The van der Waals surface area contributed by atoms with Gasteiger partial charge >= 0.3 is 0 Å². The van der Waals surface area contributed by atoms with Crippen LogP contribution in [0.25, 0.3) is 11.5 Å². The minimum absolute atomic E-state index is 0.178. The third kappa shape index (κ3) is 5.51. The number of nitrogens with zero attached hydrogens (tertiary/aromatic N) is 2. The standard InChI is InChI=1S/C21H23N3O4S/c1-4-26-16-12-10-15(11-13-16)20-23-24-21(28-20)29-14(3)19(25)22-17-8-6-7-9-18(17)27-5-2/h6-14H,4-5H2,1-3H3,(H,22,25)/t14-/m1/s1. The summed E-state index contributed by atoms with van der Waals surface area (Å²) in [5.74, 6) is 1.63. The molecule has 1 aromatic heterocycles. The Bertz CT molecular complexity index is 943. The van der Waals surface area contributed by atoms with E-state index >= 15 is 0 Å². The minimum Gasteiger partial charge on any atom is -0.494 e. The number of nitrogens with one attached hydrogen (secondary N) is 1. The lowest BCUT2D eigenvalue weighted by molar-refractivity contribution is -0.115. The van der Waals surface area contributed by atoms with Crippen molar-refractivity contribution in [3.8, 4) is 23.0 Å². The lowest BCUT2D eigenvalue weighted by Gasteiger charge is -2.13. The molecule has 8 heteroatoms. The summed E-state index contributed by atoms with van der Waals surface area (Å²) in [5, 5.41) is 10.9. The van der Waals surface area contributed by atoms with E-state index in [2.05, 4.69) is 15.5 Å². The molecule has 3 aromatic rings. The van der Waals surface area contributed by atoms with Gasteiger partial charge < -0.3 is 19.2 Å². The van der Waals surface area contributed by atoms with E-state index in [0.717, 1.165) is 11.3 Å². The Labute approximate surface area is 173 Å². The van der Waals surface area contributed by atoms with Gasteiger partial charge in [0.05, 0.1) is 24.2 Å². The number of hydrogen-bond acceptors (Lipinski definition) is 7. The highest BCUT2D eigenvalue weighted by Gasteiger charge is 2.20. The molecule has 1 amide bonds. The first-order valence-corrected chi connectivity index (χ1v) is 10.2. The fraction of sp³-hybridized carbons (Fsp3) is 0.286. The molecule has 1 N–H and O–H groups in total. The van der Waals surface area contributed by atoms with Gasteiger partial charge in [0.25, 0.3) is 5.22 Å². The van der Waals surface area contributed by atoms with Gasteiger partial charge in [-0.3, -0.25) is 4.79 Å². The number of rotatable bonds is 9. The molecule has 152 valence electrons. The Morgan fingerprint density at radius 2 is 1.79 bits per heavy atom. The lowest BCUT2D eigenvalue weighted by Crippen LogP contribution is -2.22. The summed E-state index contributed by atoms with van der Waals surface area (Å²) in [6, 6.07) is 14.7. The quantitative estimate of drug-likeness (QED) is 0.511. The number of carbonyl (C=O) groups excluding carboxylic acids is 1. The molecule has 29 heavy (non-hydrogen) atoms. The predicted molar refractivity (Wildman–Crippen MR) is 112 cm³/mol. The zero-order valence-corrected chi connectivity index (χ0v) is 17.4. The molecular weight excluding hydrogens is 390 g/mol. The summed E-state index contributed by atoms with van der Waals surface area (Å²) < 4.78 is 16.7. The van der Waals surface area contributed by atoms with Gasteiger partial charge in [-0.1, -0.05) is 23.9 Å². The number of aromatic nitrogens is 2. The number of ether oxygens (including phenoxy) is 2. The maximum absolute atomic E-state index is 12.6. The zero-order chi connectivity index (χ0) is 20.6. The first-order chi connectivity index (χ1) is 14.1. The summed E-state index contributed by atoms with van der Waals surface area (Å²) in [5.41, 5.74) is 1.42. The minimum atomic E-state index is -0.432. The molecule has 0 spiro atoms. The molecule has 1 atom stereocenters. The molecule has 2 aromatic carbocycles. The normalized spacial score (nSPS) is 11.7. The highest BCUT2D eigenvalue weighted by atomic mass is 32.2. The third-order valence-electron chi connectivity index (χ3n) is 3.91. The van der Waals surface area contributed by atoms with Crippen molar-refractivity contribution in [3.05, 3.63) is 48.5 Å². The SMILES string of the molecule is CCOc1ccc(-c2nnc(S[C@H](C)C(=O)Nc3ccccc3OCC)o2)cc1. The zero-order valence-electron chi connectivity index (χ0n) is 16.5. The molecule has 0 aliphatic carbocycles. The van der Waals surface area contributed by atoms with E-state index in [1.54, 1.807) is 13.0 Å². The van der Waals surface area contributed by atoms with Crippen LogP contribution in [0.2, 0.25) is 0 Å². The highest BCUT2D eigenvalue weighted by Crippen LogP contribution is 2.29. The second kappa shape index (κ2) is 9.97. The summed E-state index contributed by atoms with van der Waals surface area (Å²) >= 11 is 1.20. The average molecular weight is 413 g/mol. The first-order valence-electron chi connectivity index (χ1n) is 9.36. The molecule has 0 aliphatic heterocycles. The van der Waals surface area contributed by atoms with Crippen molar-refractivity contribution in [2.24, 2.45) is 0 Å². The van der Waals surface area contributed by atoms with Gasteiger partial charge in [0.15, 0.2) is 0 Å². The Balaban J connectivity index is 1.62. The van der Waals surface area contributed by atoms with Crippen molar-refractivity contribution in [2.75, 3.05) is 18.5 Å². The number of thioether (sulfide) groups is 1. The summed E-state index contributed by atoms with van der Waals surface area (Å²) in [7, 11) is 0. The van der Waals surface area contributed by atoms with Crippen LogP contribution in [-0.4, -0.2) is 34.6 Å². The number of carbonyl (C=O) groups is 1. The van der Waals surface area contributed by atoms with Crippen LogP contribution in [-0.2, 0) is 4.79 Å². The summed E-state index contributed by atoms with van der Waals surface area (Å²) in [4.78, 5) is 12.6. The van der Waals surface area contributed by atoms with E-state index in [0.29, 0.717) is 35.8 Å². The Morgan fingerprint density at radius 3 is 2.52 bits per heavy atom. The maximum atomic E-state index is 12.6. The van der Waals surface area contributed by atoms with E-state index in [4.69, 9.17) is 13.9 Å². The second-order valence-corrected chi connectivity index (χ2v) is 7.30. The Hall–Kier alpha value is -3.00. The van der Waals surface area contributed by atoms with Crippen molar-refractivity contribution in [1.82, 2.24) is 10.2 Å². The fourth-order valence-corrected chi connectivity index (χ4v) is 3.21. The molecule has 0 saturated heterocycles. The Morgan fingerprint density at radius 1 is 1.07 bits per heavy atom. The van der Waals surface area contributed by atoms with Gasteiger partial charge in [0.1, 0.15) is 11.5 Å². The van der Waals surface area contributed by atoms with Gasteiger partial charge in [-0.05, 0) is 57.2 Å². The molecule has 7 nitrogen and oxygen atoms in total. The lowest BCUT2D eigenvalue weighted by atomic mass is 10.2. The van der Waals surface area contributed by atoms with Crippen LogP contribution in [0.1, 0.15) is 20.8 Å². The van der Waals surface area contributed by atoms with E-state index in [9.17, 15) is 4.79 Å². The maximum Gasteiger partial charge on any atom is 0.277 e. The number of benzene rings is 2. The number of amides is 1. The molecule has 0 unspecified atom stereocenters. The molecule has 1 heterocycles. The van der Waals surface area contributed by atoms with Gasteiger partial charge in [-0.2, -0.15) is 0 Å². The van der Waals surface area contributed by atoms with Crippen molar-refractivity contribution in [1.29, 1.82) is 0 Å². The van der Waals surface area contributed by atoms with Gasteiger partial charge in [0.2, 0.25) is 11.8 Å². The van der Waals surface area contributed by atoms with Crippen LogP contribution in [0.4, 0.5) is 5.69 Å². The van der Waals surface area contributed by atoms with Crippen LogP contribution in [0, 0.1) is 0 Å². The van der Waals surface area contributed by atoms with Crippen molar-refractivity contribution >= 4 is 23.4 Å². The number of para-hydroxylation sites is 2. The molecule has 0 saturated carbocycles. The average Bonchev–Trinajstić information content (AvgIpc) is 3.19. The van der Waals surface area contributed by atoms with Crippen LogP contribution in [0.3, 0.4) is 0 Å². The van der Waals surface area contributed by atoms with Gasteiger partial charge in [-0.15, -0.1) is 10.2 Å². The molecular formula is C21H23N3O4S. The molecule has 0 aliphatic rings. The Kier molecular flexibility index (Phi) is 7.13. The molecule has 0 bridgehead atoms. The summed E-state index contributed by atoms with van der Waals surface area (Å²) in [6.45, 7) is 6.74. The number of hydrogen-bond donors (Lipinski definition) is 1. The van der Waals surface area contributed by atoms with Crippen LogP contribution >= 0.6 is 11.8 Å². The largest absolute Gasteiger partial charge is 0.494 e. The summed E-state index contributed by atoms with van der Waals surface area (Å²) in [6.07, 6.45) is 0. The predicted octanol–water partition coefficient (Wildman–Crippen LogP) is 4.65. The van der Waals surface area contributed by atoms with Gasteiger partial charge in [0, 0.05) is 5.56 Å². The van der Waals surface area contributed by atoms with E-state index in [1.807, 2.05) is 56.3 Å². The monoisotopic (exact) mass is 413 g/mol. The topological polar surface area (TPSA) is 86.5 Å². The van der Waals surface area contributed by atoms with Crippen molar-refractivity contribution < 1.29 is 18.7 Å². The van der Waals surface area contributed by atoms with Crippen molar-refractivity contribution in [3.63, 3.8) is 0 Å². The second-order valence-electron chi connectivity index (χ2n) is 6.01. The smallest absolute Gasteiger partial charge is 0.277 e.